The Morgan fingerprint density at radius 3 is 2.15 bits per heavy atom. The van der Waals surface area contributed by atoms with E-state index in [0.29, 0.717) is 0 Å². The number of hydrogen-bond acceptors (Lipinski definition) is 4. The van der Waals surface area contributed by atoms with Crippen molar-refractivity contribution in [3.8, 4) is 11.5 Å². The summed E-state index contributed by atoms with van der Waals surface area (Å²) in [5, 5.41) is 0. The molecule has 0 aliphatic heterocycles. The van der Waals surface area contributed by atoms with Gasteiger partial charge in [0.15, 0.2) is 0 Å². The van der Waals surface area contributed by atoms with Gasteiger partial charge >= 0.3 is 0 Å². The SMILES string of the molecule is CCc1ccc(CC(N)c2c(OC)cccc2OC)s1. The molecule has 4 heteroatoms. The van der Waals surface area contributed by atoms with Crippen LogP contribution in [0.1, 0.15) is 28.3 Å². The summed E-state index contributed by atoms with van der Waals surface area (Å²) in [4.78, 5) is 2.68. The number of nitrogens with two attached hydrogens (primary N) is 1. The predicted octanol–water partition coefficient (Wildman–Crippen LogP) is 3.57. The van der Waals surface area contributed by atoms with E-state index < -0.39 is 0 Å². The molecule has 0 radical (unpaired) electrons. The first-order valence-electron chi connectivity index (χ1n) is 6.73. The zero-order chi connectivity index (χ0) is 14.5. The van der Waals surface area contributed by atoms with Crippen LogP contribution in [0, 0.1) is 0 Å². The fourth-order valence-corrected chi connectivity index (χ4v) is 3.30. The van der Waals surface area contributed by atoms with Crippen LogP contribution in [0.25, 0.3) is 0 Å². The number of ether oxygens (including phenoxy) is 2. The van der Waals surface area contributed by atoms with Crippen molar-refractivity contribution in [1.82, 2.24) is 0 Å². The van der Waals surface area contributed by atoms with Crippen molar-refractivity contribution in [2.24, 2.45) is 5.73 Å². The summed E-state index contributed by atoms with van der Waals surface area (Å²) in [5.41, 5.74) is 7.31. The van der Waals surface area contributed by atoms with Crippen LogP contribution in [0.15, 0.2) is 30.3 Å². The number of methoxy groups -OCH3 is 2. The van der Waals surface area contributed by atoms with Gasteiger partial charge in [-0.3, -0.25) is 0 Å². The van der Waals surface area contributed by atoms with Crippen molar-refractivity contribution in [2.75, 3.05) is 14.2 Å². The van der Waals surface area contributed by atoms with E-state index in [-0.39, 0.29) is 6.04 Å². The third kappa shape index (κ3) is 3.14. The molecule has 1 aromatic heterocycles. The quantitative estimate of drug-likeness (QED) is 0.885. The number of rotatable bonds is 6. The van der Waals surface area contributed by atoms with Crippen molar-refractivity contribution < 1.29 is 9.47 Å². The van der Waals surface area contributed by atoms with E-state index in [9.17, 15) is 0 Å². The Balaban J connectivity index is 2.25. The minimum absolute atomic E-state index is 0.135. The van der Waals surface area contributed by atoms with Crippen LogP contribution in [-0.2, 0) is 12.8 Å². The Hall–Kier alpha value is -1.52. The lowest BCUT2D eigenvalue weighted by molar-refractivity contribution is 0.379. The summed E-state index contributed by atoms with van der Waals surface area (Å²) in [6, 6.07) is 9.95. The Morgan fingerprint density at radius 2 is 1.65 bits per heavy atom. The Morgan fingerprint density at radius 1 is 1.05 bits per heavy atom. The molecule has 0 aliphatic rings. The van der Waals surface area contributed by atoms with E-state index >= 15 is 0 Å². The van der Waals surface area contributed by atoms with Crippen LogP contribution < -0.4 is 15.2 Å². The Bertz CT molecular complexity index is 543. The van der Waals surface area contributed by atoms with Gasteiger partial charge in [-0.2, -0.15) is 0 Å². The first-order chi connectivity index (χ1) is 9.69. The summed E-state index contributed by atoms with van der Waals surface area (Å²) in [5.74, 6) is 1.56. The molecule has 2 N–H and O–H groups in total. The van der Waals surface area contributed by atoms with Gasteiger partial charge in [0, 0.05) is 22.2 Å². The van der Waals surface area contributed by atoms with E-state index in [1.807, 2.05) is 29.5 Å². The molecule has 3 nitrogen and oxygen atoms in total. The molecule has 0 saturated carbocycles. The fraction of sp³-hybridized carbons (Fsp3) is 0.375. The molecule has 0 fully saturated rings. The second kappa shape index (κ2) is 6.77. The Kier molecular flexibility index (Phi) is 5.04. The summed E-state index contributed by atoms with van der Waals surface area (Å²) in [7, 11) is 3.32. The van der Waals surface area contributed by atoms with Gasteiger partial charge in [-0.15, -0.1) is 11.3 Å². The van der Waals surface area contributed by atoms with Gasteiger partial charge in [0.05, 0.1) is 19.8 Å². The average molecular weight is 291 g/mol. The molecule has 1 unspecified atom stereocenters. The van der Waals surface area contributed by atoms with Gasteiger partial charge in [-0.25, -0.2) is 0 Å². The van der Waals surface area contributed by atoms with Crippen LogP contribution in [-0.4, -0.2) is 14.2 Å². The van der Waals surface area contributed by atoms with E-state index in [1.165, 1.54) is 9.75 Å². The maximum Gasteiger partial charge on any atom is 0.127 e. The van der Waals surface area contributed by atoms with Crippen molar-refractivity contribution in [3.63, 3.8) is 0 Å². The third-order valence-corrected chi connectivity index (χ3v) is 4.58. The zero-order valence-corrected chi connectivity index (χ0v) is 13.0. The minimum atomic E-state index is -0.135. The monoisotopic (exact) mass is 291 g/mol. The second-order valence-electron chi connectivity index (χ2n) is 4.61. The molecule has 108 valence electrons. The third-order valence-electron chi connectivity index (χ3n) is 3.32. The van der Waals surface area contributed by atoms with Crippen LogP contribution in [0.2, 0.25) is 0 Å². The van der Waals surface area contributed by atoms with Crippen LogP contribution in [0.3, 0.4) is 0 Å². The average Bonchev–Trinajstić information content (AvgIpc) is 2.93. The lowest BCUT2D eigenvalue weighted by Gasteiger charge is -2.18. The topological polar surface area (TPSA) is 44.5 Å². The predicted molar refractivity (Wildman–Crippen MR) is 83.9 cm³/mol. The van der Waals surface area contributed by atoms with Gasteiger partial charge < -0.3 is 15.2 Å². The highest BCUT2D eigenvalue weighted by molar-refractivity contribution is 7.11. The number of hydrogen-bond donors (Lipinski definition) is 1. The van der Waals surface area contributed by atoms with Crippen molar-refractivity contribution >= 4 is 11.3 Å². The summed E-state index contributed by atoms with van der Waals surface area (Å²) >= 11 is 1.82. The maximum absolute atomic E-state index is 6.38. The zero-order valence-electron chi connectivity index (χ0n) is 12.2. The van der Waals surface area contributed by atoms with Gasteiger partial charge in [0.2, 0.25) is 0 Å². The van der Waals surface area contributed by atoms with Gasteiger partial charge in [0.1, 0.15) is 11.5 Å². The standard InChI is InChI=1S/C16H21NO2S/c1-4-11-8-9-12(20-11)10-13(17)16-14(18-2)6-5-7-15(16)19-3/h5-9,13H,4,10,17H2,1-3H3. The maximum atomic E-state index is 6.38. The molecule has 1 atom stereocenters. The summed E-state index contributed by atoms with van der Waals surface area (Å²) in [6.07, 6.45) is 1.86. The van der Waals surface area contributed by atoms with Crippen LogP contribution >= 0.6 is 11.3 Å². The molecule has 0 saturated heterocycles. The van der Waals surface area contributed by atoms with E-state index in [4.69, 9.17) is 15.2 Å². The highest BCUT2D eigenvalue weighted by atomic mass is 32.1. The van der Waals surface area contributed by atoms with Crippen LogP contribution in [0.4, 0.5) is 0 Å². The molecule has 1 heterocycles. The van der Waals surface area contributed by atoms with E-state index in [2.05, 4.69) is 19.1 Å². The molecule has 1 aromatic carbocycles. The van der Waals surface area contributed by atoms with Crippen molar-refractivity contribution in [3.05, 3.63) is 45.6 Å². The summed E-state index contributed by atoms with van der Waals surface area (Å²) < 4.78 is 10.8. The first-order valence-corrected chi connectivity index (χ1v) is 7.55. The van der Waals surface area contributed by atoms with Crippen LogP contribution in [0.5, 0.6) is 11.5 Å². The summed E-state index contributed by atoms with van der Waals surface area (Å²) in [6.45, 7) is 2.17. The highest BCUT2D eigenvalue weighted by Crippen LogP contribution is 2.35. The smallest absolute Gasteiger partial charge is 0.127 e. The second-order valence-corrected chi connectivity index (χ2v) is 5.86. The number of aryl methyl sites for hydroxylation is 1. The molecule has 20 heavy (non-hydrogen) atoms. The Labute approximate surface area is 124 Å². The normalized spacial score (nSPS) is 12.2. The van der Waals surface area contributed by atoms with Gasteiger partial charge in [0.25, 0.3) is 0 Å². The molecule has 2 aromatic rings. The lowest BCUT2D eigenvalue weighted by atomic mass is 10.0. The molecule has 0 bridgehead atoms. The fourth-order valence-electron chi connectivity index (χ4n) is 2.29. The van der Waals surface area contributed by atoms with Crippen molar-refractivity contribution in [1.29, 1.82) is 0 Å². The van der Waals surface area contributed by atoms with Gasteiger partial charge in [-0.1, -0.05) is 13.0 Å². The molecule has 0 aliphatic carbocycles. The lowest BCUT2D eigenvalue weighted by Crippen LogP contribution is -2.15. The molecule has 0 spiro atoms. The first kappa shape index (κ1) is 14.9. The number of benzene rings is 1. The van der Waals surface area contributed by atoms with Crippen molar-refractivity contribution in [2.45, 2.75) is 25.8 Å². The molecule has 0 amide bonds. The molecular weight excluding hydrogens is 270 g/mol. The van der Waals surface area contributed by atoms with E-state index in [0.717, 1.165) is 29.9 Å². The number of thiophene rings is 1. The largest absolute Gasteiger partial charge is 0.496 e. The molecular formula is C16H21NO2S. The minimum Gasteiger partial charge on any atom is -0.496 e. The van der Waals surface area contributed by atoms with Gasteiger partial charge in [-0.05, 0) is 30.7 Å². The highest BCUT2D eigenvalue weighted by Gasteiger charge is 2.18. The van der Waals surface area contributed by atoms with E-state index in [1.54, 1.807) is 14.2 Å². The molecule has 2 rings (SSSR count).